The number of carbonyl (C=O) groups is 1. The molecule has 0 fully saturated rings. The van der Waals surface area contributed by atoms with E-state index in [4.69, 9.17) is 9.90 Å². The van der Waals surface area contributed by atoms with Crippen LogP contribution < -0.4 is 5.11 Å². The lowest BCUT2D eigenvalue weighted by Gasteiger charge is -2.23. The maximum atomic E-state index is 9.03. The summed E-state index contributed by atoms with van der Waals surface area (Å²) in [5.74, 6) is 1.18. The van der Waals surface area contributed by atoms with Crippen LogP contribution in [0.25, 0.3) is 0 Å². The third-order valence-electron chi connectivity index (χ3n) is 2.22. The molecule has 0 aliphatic carbocycles. The lowest BCUT2D eigenvalue weighted by molar-refractivity contribution is -0.761. The van der Waals surface area contributed by atoms with Crippen LogP contribution in [0.4, 0.5) is 4.79 Å². The zero-order valence-corrected chi connectivity index (χ0v) is 8.98. The van der Waals surface area contributed by atoms with E-state index >= 15 is 0 Å². The molecule has 0 spiro atoms. The minimum Gasteiger partial charge on any atom is -0.553 e. The average Bonchev–Trinajstić information content (AvgIpc) is 2.49. The number of quaternary nitrogens is 1. The number of methoxy groups -OCH3 is 1. The Kier molecular flexibility index (Phi) is 4.86. The molecule has 1 aliphatic rings. The van der Waals surface area contributed by atoms with Crippen molar-refractivity contribution < 1.29 is 19.1 Å². The average molecular weight is 200 g/mol. The Balaban J connectivity index is 0.000000292. The quantitative estimate of drug-likeness (QED) is 0.452. The number of hydrogen-bond acceptors (Lipinski definition) is 4. The third kappa shape index (κ3) is 3.57. The number of ether oxygens (including phenoxy) is 1. The number of carboxylic acid groups (broad SMARTS) is 1. The Morgan fingerprint density at radius 3 is 2.36 bits per heavy atom. The molecule has 0 aromatic rings. The summed E-state index contributed by atoms with van der Waals surface area (Å²) < 4.78 is 4.43. The second kappa shape index (κ2) is 5.39. The van der Waals surface area contributed by atoms with Crippen LogP contribution in [0.15, 0.2) is 17.4 Å². The first-order valence-corrected chi connectivity index (χ1v) is 4.29. The van der Waals surface area contributed by atoms with Gasteiger partial charge in [-0.25, -0.2) is 4.99 Å². The van der Waals surface area contributed by atoms with Gasteiger partial charge in [-0.05, 0) is 6.92 Å². The highest BCUT2D eigenvalue weighted by Gasteiger charge is 2.23. The zero-order valence-electron chi connectivity index (χ0n) is 8.98. The van der Waals surface area contributed by atoms with Gasteiger partial charge in [-0.1, -0.05) is 0 Å². The van der Waals surface area contributed by atoms with Crippen LogP contribution in [0.3, 0.4) is 0 Å². The van der Waals surface area contributed by atoms with Crippen molar-refractivity contribution in [2.75, 3.05) is 20.7 Å². The van der Waals surface area contributed by atoms with E-state index in [1.807, 2.05) is 6.20 Å². The highest BCUT2D eigenvalue weighted by molar-refractivity contribution is 5.75. The topological polar surface area (TPSA) is 61.7 Å². The first-order valence-electron chi connectivity index (χ1n) is 4.29. The third-order valence-corrected chi connectivity index (χ3v) is 2.22. The number of aliphatic imine (C=N–C) groups is 1. The predicted molar refractivity (Wildman–Crippen MR) is 51.4 cm³/mol. The van der Waals surface area contributed by atoms with Gasteiger partial charge in [0.25, 0.3) is 6.16 Å². The Bertz CT molecular complexity index is 261. The Labute approximate surface area is 83.9 Å². The van der Waals surface area contributed by atoms with Crippen molar-refractivity contribution in [1.82, 2.24) is 0 Å². The van der Waals surface area contributed by atoms with Crippen molar-refractivity contribution in [3.63, 3.8) is 0 Å². The fourth-order valence-corrected chi connectivity index (χ4v) is 0.862. The van der Waals surface area contributed by atoms with Crippen LogP contribution in [0.5, 0.6) is 0 Å². The molecule has 0 aromatic heterocycles. The fraction of sp³-hybridized carbons (Fsp3) is 0.556. The highest BCUT2D eigenvalue weighted by atomic mass is 16.6. The Morgan fingerprint density at radius 2 is 2.21 bits per heavy atom. The molecule has 0 amide bonds. The van der Waals surface area contributed by atoms with Gasteiger partial charge in [-0.3, -0.25) is 4.48 Å². The summed E-state index contributed by atoms with van der Waals surface area (Å²) in [6.07, 6.45) is 2.48. The molecule has 1 aliphatic heterocycles. The molecule has 1 heterocycles. The summed E-state index contributed by atoms with van der Waals surface area (Å²) in [7, 11) is 3.19. The molecular weight excluding hydrogens is 184 g/mol. The molecule has 1 rings (SSSR count). The van der Waals surface area contributed by atoms with Gasteiger partial charge >= 0.3 is 0 Å². The van der Waals surface area contributed by atoms with Gasteiger partial charge in [0.2, 0.25) is 5.84 Å². The monoisotopic (exact) mass is 200 g/mol. The van der Waals surface area contributed by atoms with E-state index in [1.54, 1.807) is 0 Å². The fourth-order valence-electron chi connectivity index (χ4n) is 0.862. The molecule has 0 saturated heterocycles. The molecule has 14 heavy (non-hydrogen) atoms. The minimum absolute atomic E-state index is 0.875. The summed E-state index contributed by atoms with van der Waals surface area (Å²) in [5.41, 5.74) is 0. The zero-order chi connectivity index (χ0) is 11.2. The molecule has 0 radical (unpaired) electrons. The standard InChI is InChI=1S/C7H13N2.C2H4O3/c1-4-9(3)6-5-8-7(9)2;1-5-2(3)4/h5-6H,4H2,1-3H3;1H3,(H,3,4)/q+1;/p-1. The van der Waals surface area contributed by atoms with E-state index in [1.165, 1.54) is 5.84 Å². The van der Waals surface area contributed by atoms with Gasteiger partial charge in [0.1, 0.15) is 6.20 Å². The smallest absolute Gasteiger partial charge is 0.251 e. The second-order valence-corrected chi connectivity index (χ2v) is 3.01. The molecule has 1 atom stereocenters. The number of nitrogens with zero attached hydrogens (tertiary/aromatic N) is 2. The number of rotatable bonds is 1. The summed E-state index contributed by atoms with van der Waals surface area (Å²) in [6.45, 7) is 5.31. The maximum Gasteiger partial charge on any atom is 0.251 e. The van der Waals surface area contributed by atoms with Crippen LogP contribution >= 0.6 is 0 Å². The molecular formula is C9H16N2O3. The molecule has 0 bridgehead atoms. The second-order valence-electron chi connectivity index (χ2n) is 3.01. The van der Waals surface area contributed by atoms with Gasteiger partial charge in [0.15, 0.2) is 0 Å². The van der Waals surface area contributed by atoms with Crippen molar-refractivity contribution in [2.45, 2.75) is 13.8 Å². The van der Waals surface area contributed by atoms with Crippen molar-refractivity contribution >= 4 is 12.0 Å². The van der Waals surface area contributed by atoms with Gasteiger partial charge in [0, 0.05) is 14.0 Å². The maximum absolute atomic E-state index is 9.03. The van der Waals surface area contributed by atoms with E-state index < -0.39 is 6.16 Å². The van der Waals surface area contributed by atoms with Crippen molar-refractivity contribution in [2.24, 2.45) is 4.99 Å². The normalized spacial score (nSPS) is 23.6. The molecule has 80 valence electrons. The lowest BCUT2D eigenvalue weighted by atomic mass is 10.4. The molecule has 5 nitrogen and oxygen atoms in total. The molecule has 5 heteroatoms. The van der Waals surface area contributed by atoms with Crippen LogP contribution in [0.1, 0.15) is 13.8 Å². The van der Waals surface area contributed by atoms with E-state index in [2.05, 4.69) is 36.8 Å². The largest absolute Gasteiger partial charge is 0.553 e. The van der Waals surface area contributed by atoms with Gasteiger partial charge in [-0.15, -0.1) is 0 Å². The molecule has 0 aromatic carbocycles. The van der Waals surface area contributed by atoms with E-state index in [0.717, 1.165) is 18.1 Å². The molecule has 0 N–H and O–H groups in total. The lowest BCUT2D eigenvalue weighted by Crippen LogP contribution is -2.40. The molecule has 1 unspecified atom stereocenters. The first kappa shape index (κ1) is 12.6. The summed E-state index contributed by atoms with van der Waals surface area (Å²) in [4.78, 5) is 13.2. The molecule has 0 saturated carbocycles. The van der Waals surface area contributed by atoms with Crippen molar-refractivity contribution in [1.29, 1.82) is 0 Å². The van der Waals surface area contributed by atoms with Crippen molar-refractivity contribution in [3.8, 4) is 0 Å². The van der Waals surface area contributed by atoms with Crippen LogP contribution in [-0.4, -0.2) is 37.2 Å². The van der Waals surface area contributed by atoms with Crippen molar-refractivity contribution in [3.05, 3.63) is 12.4 Å². The van der Waals surface area contributed by atoms with E-state index in [0.29, 0.717) is 0 Å². The van der Waals surface area contributed by atoms with Gasteiger partial charge in [-0.2, -0.15) is 0 Å². The van der Waals surface area contributed by atoms with E-state index in [-0.39, 0.29) is 0 Å². The van der Waals surface area contributed by atoms with E-state index in [9.17, 15) is 0 Å². The first-order chi connectivity index (χ1) is 6.46. The summed E-state index contributed by atoms with van der Waals surface area (Å²) in [5, 5.41) is 9.03. The predicted octanol–water partition coefficient (Wildman–Crippen LogP) is 0.332. The summed E-state index contributed by atoms with van der Waals surface area (Å²) in [6, 6.07) is 0. The Hall–Kier alpha value is -1.36. The minimum atomic E-state index is -1.50. The number of amidine groups is 1. The Morgan fingerprint density at radius 1 is 1.71 bits per heavy atom. The number of carbonyl (C=O) groups excluding carboxylic acids is 1. The van der Waals surface area contributed by atoms with Crippen LogP contribution in [0, 0.1) is 0 Å². The van der Waals surface area contributed by atoms with Gasteiger partial charge in [0.05, 0.1) is 19.8 Å². The van der Waals surface area contributed by atoms with Crippen LogP contribution in [0.2, 0.25) is 0 Å². The summed E-state index contributed by atoms with van der Waals surface area (Å²) >= 11 is 0. The SMILES string of the molecule is CC[N+]1(C)C=CN=C1C.COC(=O)[O-]. The van der Waals surface area contributed by atoms with Gasteiger partial charge < -0.3 is 14.6 Å². The number of hydrogen-bond donors (Lipinski definition) is 0. The van der Waals surface area contributed by atoms with Crippen LogP contribution in [-0.2, 0) is 4.74 Å². The highest BCUT2D eigenvalue weighted by Crippen LogP contribution is 2.11.